The van der Waals surface area contributed by atoms with Crippen LogP contribution >= 0.6 is 0 Å². The summed E-state index contributed by atoms with van der Waals surface area (Å²) in [5.41, 5.74) is 0.749. The van der Waals surface area contributed by atoms with Gasteiger partial charge in [0.2, 0.25) is 0 Å². The number of rotatable bonds is 6. The Bertz CT molecular complexity index is 580. The third kappa shape index (κ3) is 4.19. The molecule has 1 heterocycles. The molecule has 1 aromatic rings. The molecule has 1 amide bonds. The Morgan fingerprint density at radius 3 is 2.58 bits per heavy atom. The van der Waals surface area contributed by atoms with E-state index in [1.54, 1.807) is 0 Å². The summed E-state index contributed by atoms with van der Waals surface area (Å²) in [5, 5.41) is 0. The summed E-state index contributed by atoms with van der Waals surface area (Å²) >= 11 is 0. The van der Waals surface area contributed by atoms with Gasteiger partial charge in [-0.2, -0.15) is 0 Å². The van der Waals surface area contributed by atoms with E-state index in [1.165, 1.54) is 37.5 Å². The number of anilines is 1. The maximum Gasteiger partial charge on any atom is 0.414 e. The largest absolute Gasteiger partial charge is 0.493 e. The van der Waals surface area contributed by atoms with Crippen LogP contribution in [-0.2, 0) is 14.3 Å². The maximum atomic E-state index is 11.9. The standard InChI is InChI=1S/C18H23NO5/c1-13(20)22-12-17-10-19(18(21)24-17)15-6-8-16(9-7-15)23-11-14-4-2-3-5-14/h6-9,14,17H,2-5,10-12H2,1H3. The summed E-state index contributed by atoms with van der Waals surface area (Å²) in [6, 6.07) is 7.44. The smallest absolute Gasteiger partial charge is 0.414 e. The first-order valence-electron chi connectivity index (χ1n) is 8.46. The minimum Gasteiger partial charge on any atom is -0.493 e. The molecule has 1 aliphatic carbocycles. The van der Waals surface area contributed by atoms with Crippen LogP contribution in [0.4, 0.5) is 10.5 Å². The Morgan fingerprint density at radius 2 is 1.92 bits per heavy atom. The average molecular weight is 333 g/mol. The molecule has 0 aromatic heterocycles. The van der Waals surface area contributed by atoms with Gasteiger partial charge in [-0.25, -0.2) is 4.79 Å². The molecule has 1 saturated heterocycles. The van der Waals surface area contributed by atoms with Crippen LogP contribution in [-0.4, -0.2) is 37.9 Å². The average Bonchev–Trinajstić information content (AvgIpc) is 3.21. The zero-order valence-corrected chi connectivity index (χ0v) is 13.9. The zero-order chi connectivity index (χ0) is 16.9. The van der Waals surface area contributed by atoms with E-state index in [4.69, 9.17) is 14.2 Å². The second-order valence-electron chi connectivity index (χ2n) is 6.37. The third-order valence-corrected chi connectivity index (χ3v) is 4.46. The highest BCUT2D eigenvalue weighted by Gasteiger charge is 2.33. The highest BCUT2D eigenvalue weighted by atomic mass is 16.6. The SMILES string of the molecule is CC(=O)OCC1CN(c2ccc(OCC3CCCC3)cc2)C(=O)O1. The van der Waals surface area contributed by atoms with Crippen LogP contribution in [0, 0.1) is 5.92 Å². The molecule has 0 spiro atoms. The Balaban J connectivity index is 1.52. The van der Waals surface area contributed by atoms with Gasteiger partial charge in [0.25, 0.3) is 0 Å². The summed E-state index contributed by atoms with van der Waals surface area (Å²) in [6.07, 6.45) is 4.26. The number of esters is 1. The van der Waals surface area contributed by atoms with Crippen LogP contribution in [0.1, 0.15) is 32.6 Å². The molecule has 1 atom stereocenters. The Labute approximate surface area is 141 Å². The monoisotopic (exact) mass is 333 g/mol. The van der Waals surface area contributed by atoms with Crippen molar-refractivity contribution in [2.75, 3.05) is 24.7 Å². The van der Waals surface area contributed by atoms with Crippen molar-refractivity contribution in [2.45, 2.75) is 38.7 Å². The number of carbonyl (C=O) groups is 2. The molecule has 1 unspecified atom stereocenters. The molecule has 1 aliphatic heterocycles. The van der Waals surface area contributed by atoms with Crippen molar-refractivity contribution >= 4 is 17.7 Å². The van der Waals surface area contributed by atoms with E-state index < -0.39 is 12.2 Å². The van der Waals surface area contributed by atoms with Gasteiger partial charge in [0.1, 0.15) is 12.4 Å². The summed E-state index contributed by atoms with van der Waals surface area (Å²) in [5.74, 6) is 1.10. The molecular weight excluding hydrogens is 310 g/mol. The van der Waals surface area contributed by atoms with Gasteiger partial charge < -0.3 is 14.2 Å². The van der Waals surface area contributed by atoms with Crippen molar-refractivity contribution in [3.05, 3.63) is 24.3 Å². The third-order valence-electron chi connectivity index (χ3n) is 4.46. The molecule has 1 aromatic carbocycles. The van der Waals surface area contributed by atoms with Crippen LogP contribution in [0.2, 0.25) is 0 Å². The number of hydrogen-bond acceptors (Lipinski definition) is 5. The van der Waals surface area contributed by atoms with Crippen molar-refractivity contribution in [1.29, 1.82) is 0 Å². The molecule has 0 N–H and O–H groups in total. The fourth-order valence-electron chi connectivity index (χ4n) is 3.14. The zero-order valence-electron chi connectivity index (χ0n) is 13.9. The number of cyclic esters (lactones) is 1. The summed E-state index contributed by atoms with van der Waals surface area (Å²) in [4.78, 5) is 24.3. The maximum absolute atomic E-state index is 11.9. The number of amides is 1. The summed E-state index contributed by atoms with van der Waals surface area (Å²) in [7, 11) is 0. The lowest BCUT2D eigenvalue weighted by Crippen LogP contribution is -2.26. The number of ether oxygens (including phenoxy) is 3. The lowest BCUT2D eigenvalue weighted by molar-refractivity contribution is -0.143. The van der Waals surface area contributed by atoms with E-state index in [0.717, 1.165) is 18.0 Å². The van der Waals surface area contributed by atoms with Gasteiger partial charge in [0.05, 0.1) is 13.2 Å². The molecular formula is C18H23NO5. The van der Waals surface area contributed by atoms with Gasteiger partial charge in [-0.1, -0.05) is 12.8 Å². The number of carbonyl (C=O) groups excluding carboxylic acids is 2. The van der Waals surface area contributed by atoms with Gasteiger partial charge in [0, 0.05) is 12.6 Å². The molecule has 1 saturated carbocycles. The van der Waals surface area contributed by atoms with E-state index in [9.17, 15) is 9.59 Å². The van der Waals surface area contributed by atoms with Gasteiger partial charge >= 0.3 is 12.1 Å². The van der Waals surface area contributed by atoms with E-state index in [0.29, 0.717) is 12.5 Å². The van der Waals surface area contributed by atoms with Crippen molar-refractivity contribution in [2.24, 2.45) is 5.92 Å². The lowest BCUT2D eigenvalue weighted by atomic mass is 10.1. The molecule has 2 aliphatic rings. The van der Waals surface area contributed by atoms with Crippen LogP contribution in [0.5, 0.6) is 5.75 Å². The van der Waals surface area contributed by atoms with Crippen molar-refractivity contribution in [3.8, 4) is 5.75 Å². The summed E-state index contributed by atoms with van der Waals surface area (Å²) < 4.78 is 15.9. The molecule has 130 valence electrons. The van der Waals surface area contributed by atoms with E-state index >= 15 is 0 Å². The molecule has 24 heavy (non-hydrogen) atoms. The molecule has 0 bridgehead atoms. The second kappa shape index (κ2) is 7.55. The van der Waals surface area contributed by atoms with Gasteiger partial charge in [0.15, 0.2) is 6.10 Å². The fraction of sp³-hybridized carbons (Fsp3) is 0.556. The van der Waals surface area contributed by atoms with Gasteiger partial charge in [-0.3, -0.25) is 9.69 Å². The highest BCUT2D eigenvalue weighted by Crippen LogP contribution is 2.27. The van der Waals surface area contributed by atoms with E-state index in [2.05, 4.69) is 0 Å². The molecule has 2 fully saturated rings. The number of hydrogen-bond donors (Lipinski definition) is 0. The van der Waals surface area contributed by atoms with E-state index in [-0.39, 0.29) is 12.6 Å². The Hall–Kier alpha value is -2.24. The normalized spacial score (nSPS) is 21.0. The molecule has 6 nitrogen and oxygen atoms in total. The fourth-order valence-corrected chi connectivity index (χ4v) is 3.14. The lowest BCUT2D eigenvalue weighted by Gasteiger charge is -2.15. The van der Waals surface area contributed by atoms with Crippen LogP contribution in [0.15, 0.2) is 24.3 Å². The number of nitrogens with zero attached hydrogens (tertiary/aromatic N) is 1. The van der Waals surface area contributed by atoms with E-state index in [1.807, 2.05) is 24.3 Å². The Kier molecular flexibility index (Phi) is 5.23. The van der Waals surface area contributed by atoms with Crippen molar-refractivity contribution < 1.29 is 23.8 Å². The minimum absolute atomic E-state index is 0.0835. The quantitative estimate of drug-likeness (QED) is 0.748. The van der Waals surface area contributed by atoms with Gasteiger partial charge in [-0.05, 0) is 43.0 Å². The minimum atomic E-state index is -0.431. The predicted molar refractivity (Wildman–Crippen MR) is 88.1 cm³/mol. The predicted octanol–water partition coefficient (Wildman–Crippen LogP) is 3.14. The second-order valence-corrected chi connectivity index (χ2v) is 6.37. The Morgan fingerprint density at radius 1 is 1.21 bits per heavy atom. The molecule has 0 radical (unpaired) electrons. The highest BCUT2D eigenvalue weighted by molar-refractivity contribution is 5.89. The first kappa shape index (κ1) is 16.6. The van der Waals surface area contributed by atoms with Crippen LogP contribution in [0.25, 0.3) is 0 Å². The van der Waals surface area contributed by atoms with Gasteiger partial charge in [-0.15, -0.1) is 0 Å². The summed E-state index contributed by atoms with van der Waals surface area (Å²) in [6.45, 7) is 2.54. The topological polar surface area (TPSA) is 65.1 Å². The molecule has 3 rings (SSSR count). The van der Waals surface area contributed by atoms with Crippen LogP contribution in [0.3, 0.4) is 0 Å². The first-order valence-corrected chi connectivity index (χ1v) is 8.46. The van der Waals surface area contributed by atoms with Crippen molar-refractivity contribution in [3.63, 3.8) is 0 Å². The molecule has 6 heteroatoms. The first-order chi connectivity index (χ1) is 11.6. The van der Waals surface area contributed by atoms with Crippen LogP contribution < -0.4 is 9.64 Å². The van der Waals surface area contributed by atoms with Crippen molar-refractivity contribution in [1.82, 2.24) is 0 Å². The number of benzene rings is 1.